The second-order valence-corrected chi connectivity index (χ2v) is 3.83. The molecule has 0 saturated carbocycles. The molecule has 0 atom stereocenters. The highest BCUT2D eigenvalue weighted by Crippen LogP contribution is 2.41. The number of hydrogen-bond acceptors (Lipinski definition) is 4. The van der Waals surface area contributed by atoms with E-state index in [0.29, 0.717) is 5.56 Å². The summed E-state index contributed by atoms with van der Waals surface area (Å²) in [5.41, 5.74) is 0.325. The Kier molecular flexibility index (Phi) is 3.63. The summed E-state index contributed by atoms with van der Waals surface area (Å²) in [6.45, 7) is 3.06. The molecular formula is C11H11ClO5. The van der Waals surface area contributed by atoms with Gasteiger partial charge in [-0.2, -0.15) is 0 Å². The maximum atomic E-state index is 11.4. The molecule has 5 nitrogen and oxygen atoms in total. The fourth-order valence-electron chi connectivity index (χ4n) is 1.59. The lowest BCUT2D eigenvalue weighted by Crippen LogP contribution is -2.15. The van der Waals surface area contributed by atoms with Gasteiger partial charge in [0.15, 0.2) is 11.5 Å². The molecule has 0 amide bonds. The van der Waals surface area contributed by atoms with Gasteiger partial charge in [0.2, 0.25) is 0 Å². The average Bonchev–Trinajstić information content (AvgIpc) is 2.27. The summed E-state index contributed by atoms with van der Waals surface area (Å²) < 4.78 is 4.90. The van der Waals surface area contributed by atoms with Crippen molar-refractivity contribution in [3.05, 3.63) is 21.7 Å². The third-order valence-electron chi connectivity index (χ3n) is 2.45. The van der Waals surface area contributed by atoms with Crippen molar-refractivity contribution in [1.82, 2.24) is 0 Å². The summed E-state index contributed by atoms with van der Waals surface area (Å²) in [6, 6.07) is 0. The number of hydrogen-bond donors (Lipinski definition) is 2. The molecule has 2 N–H and O–H groups in total. The van der Waals surface area contributed by atoms with Crippen molar-refractivity contribution >= 4 is 23.4 Å². The van der Waals surface area contributed by atoms with E-state index in [4.69, 9.17) is 21.4 Å². The van der Waals surface area contributed by atoms with Crippen LogP contribution in [-0.4, -0.2) is 29.1 Å². The predicted molar refractivity (Wildman–Crippen MR) is 61.1 cm³/mol. The Balaban J connectivity index is 3.67. The fourth-order valence-corrected chi connectivity index (χ4v) is 1.77. The zero-order valence-corrected chi connectivity index (χ0v) is 10.3. The number of carboxylic acid groups (broad SMARTS) is 1. The molecule has 0 fully saturated rings. The highest BCUT2D eigenvalue weighted by Gasteiger charge is 2.27. The molecule has 0 aliphatic carbocycles. The molecule has 0 saturated heterocycles. The smallest absolute Gasteiger partial charge is 0.377 e. The van der Waals surface area contributed by atoms with Crippen LogP contribution in [0.3, 0.4) is 0 Å². The number of aliphatic carboxylic acids is 1. The van der Waals surface area contributed by atoms with Gasteiger partial charge in [-0.15, -0.1) is 0 Å². The van der Waals surface area contributed by atoms with Gasteiger partial charge in [-0.3, -0.25) is 4.79 Å². The molecule has 0 bridgehead atoms. The zero-order valence-electron chi connectivity index (χ0n) is 9.50. The summed E-state index contributed by atoms with van der Waals surface area (Å²) in [5.74, 6) is -3.38. The first-order valence-electron chi connectivity index (χ1n) is 4.66. The fraction of sp³-hybridized carbons (Fsp3) is 0.273. The molecular weight excluding hydrogens is 248 g/mol. The maximum Gasteiger partial charge on any atom is 0.377 e. The van der Waals surface area contributed by atoms with Crippen LogP contribution in [0.2, 0.25) is 5.02 Å². The number of rotatable bonds is 3. The van der Waals surface area contributed by atoms with Gasteiger partial charge in [-0.25, -0.2) is 4.79 Å². The van der Waals surface area contributed by atoms with Gasteiger partial charge in [0.25, 0.3) is 5.78 Å². The lowest BCUT2D eigenvalue weighted by molar-refractivity contribution is -0.131. The SMILES string of the molecule is COc1c(C)c(Cl)c(C)c(C(=O)C(=O)O)c1O. The number of carbonyl (C=O) groups excluding carboxylic acids is 1. The summed E-state index contributed by atoms with van der Waals surface area (Å²) in [5, 5.41) is 18.7. The van der Waals surface area contributed by atoms with Crippen molar-refractivity contribution in [3.8, 4) is 11.5 Å². The van der Waals surface area contributed by atoms with E-state index in [1.165, 1.54) is 14.0 Å². The topological polar surface area (TPSA) is 83.8 Å². The van der Waals surface area contributed by atoms with E-state index < -0.39 is 17.5 Å². The normalized spacial score (nSPS) is 10.1. The number of benzene rings is 1. The van der Waals surface area contributed by atoms with Crippen LogP contribution >= 0.6 is 11.6 Å². The van der Waals surface area contributed by atoms with Crippen LogP contribution in [0.5, 0.6) is 11.5 Å². The second kappa shape index (κ2) is 4.63. The van der Waals surface area contributed by atoms with E-state index in [9.17, 15) is 14.7 Å². The maximum absolute atomic E-state index is 11.4. The molecule has 17 heavy (non-hydrogen) atoms. The molecule has 1 rings (SSSR count). The molecule has 1 aromatic rings. The predicted octanol–water partition coefficient (Wildman–Crippen LogP) is 1.94. The summed E-state index contributed by atoms with van der Waals surface area (Å²) in [7, 11) is 1.29. The van der Waals surface area contributed by atoms with Crippen molar-refractivity contribution < 1.29 is 24.5 Å². The van der Waals surface area contributed by atoms with Crippen molar-refractivity contribution in [2.75, 3.05) is 7.11 Å². The van der Waals surface area contributed by atoms with Crippen molar-refractivity contribution in [1.29, 1.82) is 0 Å². The van der Waals surface area contributed by atoms with Gasteiger partial charge in [0.05, 0.1) is 17.7 Å². The van der Waals surface area contributed by atoms with E-state index >= 15 is 0 Å². The number of ketones is 1. The molecule has 0 radical (unpaired) electrons. The van der Waals surface area contributed by atoms with E-state index in [1.54, 1.807) is 6.92 Å². The monoisotopic (exact) mass is 258 g/mol. The van der Waals surface area contributed by atoms with Crippen molar-refractivity contribution in [3.63, 3.8) is 0 Å². The second-order valence-electron chi connectivity index (χ2n) is 3.46. The van der Waals surface area contributed by atoms with Crippen molar-refractivity contribution in [2.24, 2.45) is 0 Å². The minimum atomic E-state index is -1.66. The Morgan fingerprint density at radius 1 is 1.24 bits per heavy atom. The molecule has 0 heterocycles. The Bertz CT molecular complexity index is 507. The summed E-state index contributed by atoms with van der Waals surface area (Å²) in [4.78, 5) is 22.1. The van der Waals surface area contributed by atoms with E-state index in [1.807, 2.05) is 0 Å². The highest BCUT2D eigenvalue weighted by atomic mass is 35.5. The van der Waals surface area contributed by atoms with Crippen LogP contribution in [-0.2, 0) is 4.79 Å². The minimum Gasteiger partial charge on any atom is -0.504 e. The van der Waals surface area contributed by atoms with Crippen LogP contribution in [0, 0.1) is 13.8 Å². The van der Waals surface area contributed by atoms with Crippen LogP contribution < -0.4 is 4.74 Å². The Labute approximate surface area is 103 Å². The molecule has 92 valence electrons. The van der Waals surface area contributed by atoms with Crippen molar-refractivity contribution in [2.45, 2.75) is 13.8 Å². The summed E-state index contributed by atoms with van der Waals surface area (Å²) in [6.07, 6.45) is 0. The molecule has 1 aromatic carbocycles. The molecule has 6 heteroatoms. The number of Topliss-reactive ketones (excluding diaryl/α,β-unsaturated/α-hetero) is 1. The van der Waals surface area contributed by atoms with Gasteiger partial charge in [-0.1, -0.05) is 11.6 Å². The number of phenols is 1. The molecule has 0 spiro atoms. The highest BCUT2D eigenvalue weighted by molar-refractivity contribution is 6.42. The molecule has 0 aliphatic heterocycles. The van der Waals surface area contributed by atoms with E-state index in [2.05, 4.69) is 0 Å². The lowest BCUT2D eigenvalue weighted by atomic mass is 9.99. The Morgan fingerprint density at radius 2 is 1.76 bits per heavy atom. The van der Waals surface area contributed by atoms with Crippen LogP contribution in [0.15, 0.2) is 0 Å². The zero-order chi connectivity index (χ0) is 13.3. The van der Waals surface area contributed by atoms with Gasteiger partial charge in [0, 0.05) is 5.56 Å². The standard InChI is InChI=1S/C11H11ClO5/c1-4-6(9(14)11(15)16)8(13)10(17-3)5(2)7(4)12/h13H,1-3H3,(H,15,16). The van der Waals surface area contributed by atoms with E-state index in [-0.39, 0.29) is 21.9 Å². The van der Waals surface area contributed by atoms with Crippen LogP contribution in [0.4, 0.5) is 0 Å². The Hall–Kier alpha value is -1.75. The number of ether oxygens (including phenoxy) is 1. The van der Waals surface area contributed by atoms with Crippen LogP contribution in [0.1, 0.15) is 21.5 Å². The minimum absolute atomic E-state index is 0.00481. The van der Waals surface area contributed by atoms with Gasteiger partial charge < -0.3 is 14.9 Å². The third kappa shape index (κ3) is 2.06. The number of carbonyl (C=O) groups is 2. The first-order valence-corrected chi connectivity index (χ1v) is 5.03. The quantitative estimate of drug-likeness (QED) is 0.639. The largest absolute Gasteiger partial charge is 0.504 e. The van der Waals surface area contributed by atoms with Gasteiger partial charge in [-0.05, 0) is 19.4 Å². The first-order chi connectivity index (χ1) is 7.82. The number of halogens is 1. The third-order valence-corrected chi connectivity index (χ3v) is 3.02. The van der Waals surface area contributed by atoms with E-state index in [0.717, 1.165) is 0 Å². The summed E-state index contributed by atoms with van der Waals surface area (Å²) >= 11 is 5.95. The number of methoxy groups -OCH3 is 1. The number of aromatic hydroxyl groups is 1. The molecule has 0 aliphatic rings. The lowest BCUT2D eigenvalue weighted by Gasteiger charge is -2.14. The molecule has 0 unspecified atom stereocenters. The Morgan fingerprint density at radius 3 is 2.18 bits per heavy atom. The van der Waals surface area contributed by atoms with Gasteiger partial charge in [0.1, 0.15) is 0 Å². The van der Waals surface area contributed by atoms with Gasteiger partial charge >= 0.3 is 5.97 Å². The first kappa shape index (κ1) is 13.3. The van der Waals surface area contributed by atoms with Crippen LogP contribution in [0.25, 0.3) is 0 Å². The average molecular weight is 259 g/mol. The molecule has 0 aromatic heterocycles. The number of carboxylic acids is 1. The number of phenolic OH excluding ortho intramolecular Hbond substituents is 1.